The molecule has 1 amide bonds. The zero-order valence-corrected chi connectivity index (χ0v) is 9.41. The van der Waals surface area contributed by atoms with Gasteiger partial charge in [-0.1, -0.05) is 11.6 Å². The number of hydrogen-bond donors (Lipinski definition) is 0. The molecule has 1 aromatic rings. The quantitative estimate of drug-likeness (QED) is 0.647. The Hall–Kier alpha value is -1.29. The molecule has 0 N–H and O–H groups in total. The summed E-state index contributed by atoms with van der Waals surface area (Å²) in [5, 5.41) is 0.355. The van der Waals surface area contributed by atoms with Gasteiger partial charge in [-0.3, -0.25) is 4.79 Å². The van der Waals surface area contributed by atoms with Crippen LogP contribution in [-0.2, 0) is 0 Å². The molecule has 5 heteroatoms. The Bertz CT molecular complexity index is 450. The van der Waals surface area contributed by atoms with Gasteiger partial charge < -0.3 is 9.64 Å². The standard InChI is InChI=1S/C11H11ClN2O2/c12-9-4-3-8-10(13-9)16-6-7-2-1-5-14(7)11(8)15/h3-4,7H,1-2,5-6H2/t7-/m0/s1. The fourth-order valence-corrected chi connectivity index (χ4v) is 2.44. The molecule has 1 atom stereocenters. The molecule has 3 rings (SSSR count). The second kappa shape index (κ2) is 3.63. The maximum Gasteiger partial charge on any atom is 0.259 e. The second-order valence-corrected chi connectivity index (χ2v) is 4.48. The van der Waals surface area contributed by atoms with Crippen molar-refractivity contribution in [2.75, 3.05) is 13.2 Å². The molecule has 2 aliphatic heterocycles. The smallest absolute Gasteiger partial charge is 0.259 e. The van der Waals surface area contributed by atoms with E-state index in [1.54, 1.807) is 12.1 Å². The minimum absolute atomic E-state index is 0.0131. The van der Waals surface area contributed by atoms with Gasteiger partial charge in [0.15, 0.2) is 0 Å². The summed E-state index contributed by atoms with van der Waals surface area (Å²) >= 11 is 5.78. The third kappa shape index (κ3) is 1.45. The van der Waals surface area contributed by atoms with Crippen LogP contribution in [0.5, 0.6) is 5.88 Å². The third-order valence-electron chi connectivity index (χ3n) is 3.11. The first kappa shape index (κ1) is 9.90. The minimum atomic E-state index is 0.0131. The summed E-state index contributed by atoms with van der Waals surface area (Å²) in [6.07, 6.45) is 2.06. The minimum Gasteiger partial charge on any atom is -0.475 e. The predicted octanol–water partition coefficient (Wildman–Crippen LogP) is 1.73. The highest BCUT2D eigenvalue weighted by atomic mass is 35.5. The molecule has 0 aliphatic carbocycles. The van der Waals surface area contributed by atoms with E-state index in [-0.39, 0.29) is 11.9 Å². The van der Waals surface area contributed by atoms with E-state index in [4.69, 9.17) is 16.3 Å². The molecule has 4 nitrogen and oxygen atoms in total. The molecule has 0 bridgehead atoms. The topological polar surface area (TPSA) is 42.4 Å². The fourth-order valence-electron chi connectivity index (χ4n) is 2.30. The number of halogens is 1. The third-order valence-corrected chi connectivity index (χ3v) is 3.32. The van der Waals surface area contributed by atoms with Crippen molar-refractivity contribution in [1.82, 2.24) is 9.88 Å². The molecule has 0 aromatic carbocycles. The first-order chi connectivity index (χ1) is 7.75. The van der Waals surface area contributed by atoms with Crippen LogP contribution in [0, 0.1) is 0 Å². The van der Waals surface area contributed by atoms with Crippen LogP contribution in [0.3, 0.4) is 0 Å². The molecule has 0 saturated carbocycles. The van der Waals surface area contributed by atoms with Crippen molar-refractivity contribution in [1.29, 1.82) is 0 Å². The molecule has 0 unspecified atom stereocenters. The van der Waals surface area contributed by atoms with Crippen LogP contribution in [0.2, 0.25) is 5.15 Å². The van der Waals surface area contributed by atoms with Crippen molar-refractivity contribution in [2.24, 2.45) is 0 Å². The summed E-state index contributed by atoms with van der Waals surface area (Å²) in [4.78, 5) is 18.1. The first-order valence-electron chi connectivity index (χ1n) is 5.36. The van der Waals surface area contributed by atoms with Gasteiger partial charge in [-0.05, 0) is 25.0 Å². The Morgan fingerprint density at radius 1 is 1.50 bits per heavy atom. The van der Waals surface area contributed by atoms with E-state index in [1.165, 1.54) is 0 Å². The van der Waals surface area contributed by atoms with Crippen LogP contribution in [0.1, 0.15) is 23.2 Å². The number of amides is 1. The van der Waals surface area contributed by atoms with Crippen LogP contribution >= 0.6 is 11.6 Å². The van der Waals surface area contributed by atoms with E-state index in [0.717, 1.165) is 19.4 Å². The van der Waals surface area contributed by atoms with Crippen molar-refractivity contribution >= 4 is 17.5 Å². The molecule has 1 fully saturated rings. The molecule has 3 heterocycles. The lowest BCUT2D eigenvalue weighted by Crippen LogP contribution is -2.36. The Morgan fingerprint density at radius 3 is 3.25 bits per heavy atom. The van der Waals surface area contributed by atoms with Crippen molar-refractivity contribution in [3.8, 4) is 5.88 Å². The van der Waals surface area contributed by atoms with Crippen LogP contribution < -0.4 is 4.74 Å². The zero-order chi connectivity index (χ0) is 11.1. The van der Waals surface area contributed by atoms with Gasteiger partial charge in [0.2, 0.25) is 5.88 Å². The Balaban J connectivity index is 2.05. The number of pyridine rings is 1. The number of hydrogen-bond acceptors (Lipinski definition) is 3. The summed E-state index contributed by atoms with van der Waals surface area (Å²) in [5.74, 6) is 0.381. The number of aromatic nitrogens is 1. The number of rotatable bonds is 0. The summed E-state index contributed by atoms with van der Waals surface area (Å²) in [5.41, 5.74) is 0.522. The van der Waals surface area contributed by atoms with Crippen molar-refractivity contribution < 1.29 is 9.53 Å². The van der Waals surface area contributed by atoms with Crippen LogP contribution in [0.25, 0.3) is 0 Å². The fraction of sp³-hybridized carbons (Fsp3) is 0.455. The zero-order valence-electron chi connectivity index (χ0n) is 8.65. The molecule has 0 radical (unpaired) electrons. The number of carbonyl (C=O) groups excluding carboxylic acids is 1. The maximum atomic E-state index is 12.2. The average Bonchev–Trinajstić information content (AvgIpc) is 2.69. The molecule has 1 aromatic heterocycles. The van der Waals surface area contributed by atoms with Gasteiger partial charge in [0.05, 0.1) is 6.04 Å². The van der Waals surface area contributed by atoms with E-state index < -0.39 is 0 Å². The lowest BCUT2D eigenvalue weighted by molar-refractivity contribution is 0.0726. The summed E-state index contributed by atoms with van der Waals surface area (Å²) in [7, 11) is 0. The number of carbonyl (C=O) groups is 1. The average molecular weight is 239 g/mol. The van der Waals surface area contributed by atoms with Gasteiger partial charge in [-0.2, -0.15) is 0 Å². The highest BCUT2D eigenvalue weighted by Gasteiger charge is 2.34. The molecule has 0 spiro atoms. The van der Waals surface area contributed by atoms with Gasteiger partial charge in [0, 0.05) is 6.54 Å². The summed E-state index contributed by atoms with van der Waals surface area (Å²) in [6.45, 7) is 1.33. The monoisotopic (exact) mass is 238 g/mol. The molecule has 2 aliphatic rings. The maximum absolute atomic E-state index is 12.2. The molecule has 1 saturated heterocycles. The number of nitrogens with zero attached hydrogens (tertiary/aromatic N) is 2. The van der Waals surface area contributed by atoms with Crippen molar-refractivity contribution in [2.45, 2.75) is 18.9 Å². The Kier molecular flexibility index (Phi) is 2.24. The Morgan fingerprint density at radius 2 is 2.38 bits per heavy atom. The molecular weight excluding hydrogens is 228 g/mol. The molecular formula is C11H11ClN2O2. The molecule has 16 heavy (non-hydrogen) atoms. The number of fused-ring (bicyclic) bond motifs is 2. The van der Waals surface area contributed by atoms with Gasteiger partial charge in [0.25, 0.3) is 5.91 Å². The second-order valence-electron chi connectivity index (χ2n) is 4.09. The SMILES string of the molecule is O=C1c2ccc(Cl)nc2OC[C@@H]2CCCN12. The van der Waals surface area contributed by atoms with E-state index >= 15 is 0 Å². The first-order valence-corrected chi connectivity index (χ1v) is 5.74. The largest absolute Gasteiger partial charge is 0.475 e. The van der Waals surface area contributed by atoms with E-state index in [2.05, 4.69) is 4.98 Å². The number of ether oxygens (including phenoxy) is 1. The van der Waals surface area contributed by atoms with Gasteiger partial charge >= 0.3 is 0 Å². The highest BCUT2D eigenvalue weighted by Crippen LogP contribution is 2.29. The normalized spacial score (nSPS) is 23.4. The van der Waals surface area contributed by atoms with E-state index in [0.29, 0.717) is 23.2 Å². The summed E-state index contributed by atoms with van der Waals surface area (Å²) in [6, 6.07) is 3.51. The van der Waals surface area contributed by atoms with Gasteiger partial charge in [-0.25, -0.2) is 4.98 Å². The van der Waals surface area contributed by atoms with Gasteiger partial charge in [-0.15, -0.1) is 0 Å². The highest BCUT2D eigenvalue weighted by molar-refractivity contribution is 6.29. The summed E-state index contributed by atoms with van der Waals surface area (Å²) < 4.78 is 5.56. The van der Waals surface area contributed by atoms with Crippen LogP contribution in [0.4, 0.5) is 0 Å². The molecule has 84 valence electrons. The lowest BCUT2D eigenvalue weighted by atomic mass is 10.2. The lowest BCUT2D eigenvalue weighted by Gasteiger charge is -2.20. The van der Waals surface area contributed by atoms with Crippen molar-refractivity contribution in [3.63, 3.8) is 0 Å². The van der Waals surface area contributed by atoms with Gasteiger partial charge in [0.1, 0.15) is 17.3 Å². The Labute approximate surface area is 98.2 Å². The van der Waals surface area contributed by atoms with Crippen LogP contribution in [-0.4, -0.2) is 35.0 Å². The predicted molar refractivity (Wildman–Crippen MR) is 58.8 cm³/mol. The van der Waals surface area contributed by atoms with Crippen LogP contribution in [0.15, 0.2) is 12.1 Å². The van der Waals surface area contributed by atoms with E-state index in [1.807, 2.05) is 4.90 Å². The van der Waals surface area contributed by atoms with E-state index in [9.17, 15) is 4.79 Å². The van der Waals surface area contributed by atoms with Crippen molar-refractivity contribution in [3.05, 3.63) is 22.8 Å².